The number of carbonyl (C=O) groups excluding carboxylic acids is 3. The van der Waals surface area contributed by atoms with Crippen LogP contribution in [0.5, 0.6) is 0 Å². The van der Waals surface area contributed by atoms with E-state index in [1.807, 2.05) is 12.2 Å². The molecular weight excluding hydrogens is 402 g/mol. The highest BCUT2D eigenvalue weighted by molar-refractivity contribution is 6.01. The molecule has 2 N–H and O–H groups in total. The molecule has 0 radical (unpaired) electrons. The Kier molecular flexibility index (Phi) is 6.48. The van der Waals surface area contributed by atoms with Gasteiger partial charge >= 0.3 is 17.9 Å². The molecule has 166 valence electrons. The SMILES string of the molecule is CC(C)OC(=O)c1cc(NC(=O)[C@H]2[C@@H](C(=O)O)[C@H]3C=C[C@H]2C3)cc(C(=O)OC(C)C)c1. The van der Waals surface area contributed by atoms with E-state index in [2.05, 4.69) is 5.32 Å². The summed E-state index contributed by atoms with van der Waals surface area (Å²) in [7, 11) is 0. The maximum atomic E-state index is 13.0. The van der Waals surface area contributed by atoms with Gasteiger partial charge in [0.2, 0.25) is 5.91 Å². The van der Waals surface area contributed by atoms with E-state index in [9.17, 15) is 24.3 Å². The molecule has 3 rings (SSSR count). The molecule has 0 unspecified atom stereocenters. The van der Waals surface area contributed by atoms with Crippen LogP contribution in [-0.2, 0) is 19.1 Å². The number of hydrogen-bond donors (Lipinski definition) is 2. The first-order valence-corrected chi connectivity index (χ1v) is 10.4. The molecule has 0 heterocycles. The van der Waals surface area contributed by atoms with E-state index >= 15 is 0 Å². The minimum atomic E-state index is -1.01. The Morgan fingerprint density at radius 3 is 1.81 bits per heavy atom. The standard InChI is InChI=1S/C23H27NO7/c1-11(2)30-22(28)15-8-16(23(29)31-12(3)4)10-17(9-15)24-20(25)18-13-5-6-14(7-13)19(18)21(26)27/h5-6,8-14,18-19H,7H2,1-4H3,(H,24,25)(H,26,27)/t13-,14-,18+,19-/m0/s1. The van der Waals surface area contributed by atoms with E-state index in [-0.39, 0.29) is 40.9 Å². The zero-order valence-corrected chi connectivity index (χ0v) is 18.0. The van der Waals surface area contributed by atoms with Gasteiger partial charge in [-0.05, 0) is 64.2 Å². The molecule has 1 saturated carbocycles. The third kappa shape index (κ3) is 4.95. The predicted octanol–water partition coefficient (Wildman–Crippen LogP) is 3.28. The number of fused-ring (bicyclic) bond motifs is 2. The number of benzene rings is 1. The van der Waals surface area contributed by atoms with Crippen LogP contribution >= 0.6 is 0 Å². The first-order valence-electron chi connectivity index (χ1n) is 10.4. The number of nitrogens with one attached hydrogen (secondary N) is 1. The molecule has 8 heteroatoms. The molecule has 0 saturated heterocycles. The van der Waals surface area contributed by atoms with Gasteiger partial charge in [-0.1, -0.05) is 12.2 Å². The van der Waals surface area contributed by atoms with Crippen LogP contribution in [0.3, 0.4) is 0 Å². The molecule has 1 aromatic carbocycles. The van der Waals surface area contributed by atoms with Crippen molar-refractivity contribution >= 4 is 29.5 Å². The number of rotatable bonds is 7. The number of carbonyl (C=O) groups is 4. The van der Waals surface area contributed by atoms with E-state index in [1.165, 1.54) is 18.2 Å². The van der Waals surface area contributed by atoms with Gasteiger partial charge in [0.1, 0.15) is 0 Å². The van der Waals surface area contributed by atoms with Gasteiger partial charge < -0.3 is 19.9 Å². The molecule has 0 aromatic heterocycles. The number of ether oxygens (including phenoxy) is 2. The van der Waals surface area contributed by atoms with Crippen molar-refractivity contribution in [1.29, 1.82) is 0 Å². The van der Waals surface area contributed by atoms with Crippen LogP contribution < -0.4 is 5.32 Å². The van der Waals surface area contributed by atoms with Crippen molar-refractivity contribution in [3.8, 4) is 0 Å². The summed E-state index contributed by atoms with van der Waals surface area (Å²) in [5.74, 6) is -4.58. The van der Waals surface area contributed by atoms with E-state index in [1.54, 1.807) is 27.7 Å². The van der Waals surface area contributed by atoms with Gasteiger partial charge in [0.15, 0.2) is 0 Å². The largest absolute Gasteiger partial charge is 0.481 e. The Hall–Kier alpha value is -3.16. The molecule has 4 atom stereocenters. The van der Waals surface area contributed by atoms with Gasteiger partial charge in [0.25, 0.3) is 0 Å². The fraction of sp³-hybridized carbons (Fsp3) is 0.478. The maximum Gasteiger partial charge on any atom is 0.338 e. The van der Waals surface area contributed by atoms with Crippen molar-refractivity contribution in [3.05, 3.63) is 41.5 Å². The zero-order chi connectivity index (χ0) is 22.9. The second-order valence-electron chi connectivity index (χ2n) is 8.53. The van der Waals surface area contributed by atoms with Gasteiger partial charge in [-0.15, -0.1) is 0 Å². The highest BCUT2D eigenvalue weighted by Gasteiger charge is 2.51. The summed E-state index contributed by atoms with van der Waals surface area (Å²) in [5, 5.41) is 12.3. The molecule has 2 bridgehead atoms. The normalized spacial score (nSPS) is 23.8. The summed E-state index contributed by atoms with van der Waals surface area (Å²) in [6, 6.07) is 4.17. The predicted molar refractivity (Wildman–Crippen MR) is 112 cm³/mol. The fourth-order valence-electron chi connectivity index (χ4n) is 4.24. The van der Waals surface area contributed by atoms with Gasteiger partial charge in [-0.3, -0.25) is 9.59 Å². The molecule has 2 aliphatic carbocycles. The van der Waals surface area contributed by atoms with E-state index in [4.69, 9.17) is 9.47 Å². The van der Waals surface area contributed by atoms with Crippen LogP contribution in [0.25, 0.3) is 0 Å². The summed E-state index contributed by atoms with van der Waals surface area (Å²) in [5.41, 5.74) is 0.379. The third-order valence-corrected chi connectivity index (χ3v) is 5.40. The smallest absolute Gasteiger partial charge is 0.338 e. The van der Waals surface area contributed by atoms with Crippen molar-refractivity contribution in [3.63, 3.8) is 0 Å². The number of anilines is 1. The fourth-order valence-corrected chi connectivity index (χ4v) is 4.24. The highest BCUT2D eigenvalue weighted by atomic mass is 16.5. The van der Waals surface area contributed by atoms with Crippen molar-refractivity contribution in [1.82, 2.24) is 0 Å². The van der Waals surface area contributed by atoms with Crippen molar-refractivity contribution in [2.45, 2.75) is 46.3 Å². The van der Waals surface area contributed by atoms with Crippen molar-refractivity contribution in [2.75, 3.05) is 5.32 Å². The molecule has 1 amide bonds. The van der Waals surface area contributed by atoms with Gasteiger partial charge in [0, 0.05) is 5.69 Å². The number of esters is 2. The lowest BCUT2D eigenvalue weighted by Gasteiger charge is -2.24. The molecule has 1 aromatic rings. The summed E-state index contributed by atoms with van der Waals surface area (Å²) < 4.78 is 10.4. The monoisotopic (exact) mass is 429 g/mol. The Labute approximate surface area is 180 Å². The van der Waals surface area contributed by atoms with Crippen LogP contribution in [0.2, 0.25) is 0 Å². The first-order chi connectivity index (χ1) is 14.6. The Morgan fingerprint density at radius 1 is 0.871 bits per heavy atom. The van der Waals surface area contributed by atoms with Crippen LogP contribution in [-0.4, -0.2) is 41.1 Å². The zero-order valence-electron chi connectivity index (χ0n) is 18.0. The second kappa shape index (κ2) is 8.91. The van der Waals surface area contributed by atoms with Crippen LogP contribution in [0.1, 0.15) is 54.8 Å². The first kappa shape index (κ1) is 22.5. The summed E-state index contributed by atoms with van der Waals surface area (Å²) >= 11 is 0. The third-order valence-electron chi connectivity index (χ3n) is 5.40. The van der Waals surface area contributed by atoms with Crippen molar-refractivity contribution in [2.24, 2.45) is 23.7 Å². The molecule has 1 fully saturated rings. The molecular formula is C23H27NO7. The lowest BCUT2D eigenvalue weighted by Crippen LogP contribution is -2.36. The van der Waals surface area contributed by atoms with E-state index < -0.39 is 35.7 Å². The maximum absolute atomic E-state index is 13.0. The minimum Gasteiger partial charge on any atom is -0.481 e. The van der Waals surface area contributed by atoms with E-state index in [0.29, 0.717) is 6.42 Å². The lowest BCUT2D eigenvalue weighted by molar-refractivity contribution is -0.146. The Bertz CT molecular complexity index is 894. The van der Waals surface area contributed by atoms with Crippen LogP contribution in [0.15, 0.2) is 30.4 Å². The second-order valence-corrected chi connectivity index (χ2v) is 8.53. The number of hydrogen-bond acceptors (Lipinski definition) is 6. The van der Waals surface area contributed by atoms with Crippen LogP contribution in [0, 0.1) is 23.7 Å². The molecule has 0 aliphatic heterocycles. The Morgan fingerprint density at radius 2 is 1.35 bits per heavy atom. The average Bonchev–Trinajstić information content (AvgIpc) is 3.28. The summed E-state index contributed by atoms with van der Waals surface area (Å²) in [4.78, 5) is 49.5. The molecule has 8 nitrogen and oxygen atoms in total. The van der Waals surface area contributed by atoms with Crippen molar-refractivity contribution < 1.29 is 33.8 Å². The summed E-state index contributed by atoms with van der Waals surface area (Å²) in [6.45, 7) is 6.80. The van der Waals surface area contributed by atoms with Gasteiger partial charge in [-0.25, -0.2) is 9.59 Å². The number of carboxylic acids is 1. The molecule has 2 aliphatic rings. The lowest BCUT2D eigenvalue weighted by atomic mass is 9.82. The molecule has 0 spiro atoms. The quantitative estimate of drug-likeness (QED) is 0.504. The topological polar surface area (TPSA) is 119 Å². The average molecular weight is 429 g/mol. The summed E-state index contributed by atoms with van der Waals surface area (Å²) in [6.07, 6.45) is 3.64. The minimum absolute atomic E-state index is 0.0878. The molecule has 31 heavy (non-hydrogen) atoms. The number of aliphatic carboxylic acids is 1. The van der Waals surface area contributed by atoms with Crippen LogP contribution in [0.4, 0.5) is 5.69 Å². The number of allylic oxidation sites excluding steroid dienone is 2. The van der Waals surface area contributed by atoms with Gasteiger partial charge in [-0.2, -0.15) is 0 Å². The van der Waals surface area contributed by atoms with E-state index in [0.717, 1.165) is 0 Å². The number of carboxylic acid groups (broad SMARTS) is 1. The Balaban J connectivity index is 1.89. The van der Waals surface area contributed by atoms with Gasteiger partial charge in [0.05, 0.1) is 35.2 Å². The highest BCUT2D eigenvalue weighted by Crippen LogP contribution is 2.48. The number of amides is 1.